The van der Waals surface area contributed by atoms with Gasteiger partial charge in [0.05, 0.1) is 16.5 Å². The van der Waals surface area contributed by atoms with Crippen molar-refractivity contribution in [2.75, 3.05) is 11.1 Å². The summed E-state index contributed by atoms with van der Waals surface area (Å²) in [4.78, 5) is 11.8. The van der Waals surface area contributed by atoms with Gasteiger partial charge in [0.1, 0.15) is 0 Å². The smallest absolute Gasteiger partial charge is 0.234 e. The number of halogens is 2. The number of benzene rings is 2. The Balaban J connectivity index is 1.81. The number of hydrogen-bond acceptors (Lipinski definition) is 2. The van der Waals surface area contributed by atoms with Crippen LogP contribution in [-0.2, 0) is 10.5 Å². The van der Waals surface area contributed by atoms with Gasteiger partial charge in [-0.25, -0.2) is 0 Å². The van der Waals surface area contributed by atoms with Crippen LogP contribution in [0.15, 0.2) is 48.5 Å². The van der Waals surface area contributed by atoms with E-state index in [0.717, 1.165) is 5.75 Å². The highest BCUT2D eigenvalue weighted by molar-refractivity contribution is 7.99. The molecule has 0 aliphatic carbocycles. The third-order valence-corrected chi connectivity index (χ3v) is 4.10. The number of carbonyl (C=O) groups is 1. The molecule has 104 valence electrons. The van der Waals surface area contributed by atoms with Crippen LogP contribution in [0.5, 0.6) is 0 Å². The van der Waals surface area contributed by atoms with Crippen LogP contribution in [0.3, 0.4) is 0 Å². The number of anilines is 1. The van der Waals surface area contributed by atoms with Crippen LogP contribution in [-0.4, -0.2) is 11.7 Å². The molecule has 5 heteroatoms. The minimum atomic E-state index is -0.0739. The highest BCUT2D eigenvalue weighted by Gasteiger charge is 2.06. The molecule has 1 N–H and O–H groups in total. The molecule has 1 amide bonds. The van der Waals surface area contributed by atoms with Crippen LogP contribution < -0.4 is 5.32 Å². The van der Waals surface area contributed by atoms with Gasteiger partial charge in [-0.15, -0.1) is 11.8 Å². The topological polar surface area (TPSA) is 29.1 Å². The van der Waals surface area contributed by atoms with Crippen LogP contribution in [0, 0.1) is 0 Å². The fourth-order valence-electron chi connectivity index (χ4n) is 1.61. The number of amides is 1. The number of hydrogen-bond donors (Lipinski definition) is 1. The zero-order valence-corrected chi connectivity index (χ0v) is 12.9. The van der Waals surface area contributed by atoms with Crippen molar-refractivity contribution in [2.45, 2.75) is 5.75 Å². The minimum absolute atomic E-state index is 0.0739. The maximum absolute atomic E-state index is 11.8. The van der Waals surface area contributed by atoms with E-state index in [0.29, 0.717) is 21.5 Å². The number of thioether (sulfide) groups is 1. The maximum atomic E-state index is 11.8. The van der Waals surface area contributed by atoms with Gasteiger partial charge < -0.3 is 5.32 Å². The molecule has 0 spiro atoms. The summed E-state index contributed by atoms with van der Waals surface area (Å²) in [7, 11) is 0. The monoisotopic (exact) mass is 325 g/mol. The second kappa shape index (κ2) is 7.58. The van der Waals surface area contributed by atoms with Gasteiger partial charge in [0.25, 0.3) is 0 Å². The van der Waals surface area contributed by atoms with Crippen molar-refractivity contribution in [3.05, 3.63) is 64.1 Å². The summed E-state index contributed by atoms with van der Waals surface area (Å²) < 4.78 is 0. The lowest BCUT2D eigenvalue weighted by Crippen LogP contribution is -2.14. The van der Waals surface area contributed by atoms with Crippen molar-refractivity contribution < 1.29 is 4.79 Å². The lowest BCUT2D eigenvalue weighted by atomic mass is 10.2. The highest BCUT2D eigenvalue weighted by Crippen LogP contribution is 2.25. The molecule has 0 aliphatic rings. The highest BCUT2D eigenvalue weighted by atomic mass is 35.5. The first-order chi connectivity index (χ1) is 9.65. The molecule has 20 heavy (non-hydrogen) atoms. The van der Waals surface area contributed by atoms with Crippen molar-refractivity contribution in [1.82, 2.24) is 0 Å². The van der Waals surface area contributed by atoms with E-state index in [-0.39, 0.29) is 5.91 Å². The molecule has 0 bridgehead atoms. The van der Waals surface area contributed by atoms with Crippen LogP contribution in [0.25, 0.3) is 0 Å². The molecule has 0 radical (unpaired) electrons. The van der Waals surface area contributed by atoms with Gasteiger partial charge in [-0.3, -0.25) is 4.79 Å². The van der Waals surface area contributed by atoms with E-state index in [1.165, 1.54) is 5.56 Å². The molecule has 0 unspecified atom stereocenters. The van der Waals surface area contributed by atoms with E-state index in [1.807, 2.05) is 30.3 Å². The summed E-state index contributed by atoms with van der Waals surface area (Å²) in [5.41, 5.74) is 1.79. The Kier molecular flexibility index (Phi) is 5.77. The van der Waals surface area contributed by atoms with Gasteiger partial charge in [-0.05, 0) is 23.8 Å². The molecule has 0 heterocycles. The Bertz CT molecular complexity index is 590. The van der Waals surface area contributed by atoms with Crippen molar-refractivity contribution in [3.8, 4) is 0 Å². The summed E-state index contributed by atoms with van der Waals surface area (Å²) in [6, 6.07) is 15.0. The van der Waals surface area contributed by atoms with E-state index < -0.39 is 0 Å². The average molecular weight is 326 g/mol. The summed E-state index contributed by atoms with van der Waals surface area (Å²) in [6.07, 6.45) is 0. The fourth-order valence-corrected chi connectivity index (χ4v) is 2.86. The zero-order chi connectivity index (χ0) is 14.4. The van der Waals surface area contributed by atoms with E-state index >= 15 is 0 Å². The molecule has 0 atom stereocenters. The Hall–Kier alpha value is -1.16. The lowest BCUT2D eigenvalue weighted by Gasteiger charge is -2.07. The molecule has 0 fully saturated rings. The normalized spacial score (nSPS) is 10.3. The molecular formula is C15H13Cl2NOS. The number of nitrogens with one attached hydrogen (secondary N) is 1. The van der Waals surface area contributed by atoms with Gasteiger partial charge >= 0.3 is 0 Å². The van der Waals surface area contributed by atoms with E-state index in [9.17, 15) is 4.79 Å². The minimum Gasteiger partial charge on any atom is -0.324 e. The standard InChI is InChI=1S/C15H13Cl2NOS/c16-12-6-7-14(13(17)8-12)18-15(19)10-20-9-11-4-2-1-3-5-11/h1-8H,9-10H2,(H,18,19). The maximum Gasteiger partial charge on any atom is 0.234 e. The predicted molar refractivity (Wildman–Crippen MR) is 87.7 cm³/mol. The Morgan fingerprint density at radius 3 is 2.55 bits per heavy atom. The Labute approximate surface area is 132 Å². The molecule has 2 aromatic rings. The van der Waals surface area contributed by atoms with Crippen LogP contribution in [0.2, 0.25) is 10.0 Å². The first kappa shape index (κ1) is 15.2. The van der Waals surface area contributed by atoms with Crippen LogP contribution in [0.1, 0.15) is 5.56 Å². The Morgan fingerprint density at radius 1 is 1.10 bits per heavy atom. The molecule has 0 saturated heterocycles. The summed E-state index contributed by atoms with van der Waals surface area (Å²) in [5.74, 6) is 1.12. The average Bonchev–Trinajstić information content (AvgIpc) is 2.43. The lowest BCUT2D eigenvalue weighted by molar-refractivity contribution is -0.113. The van der Waals surface area contributed by atoms with E-state index in [2.05, 4.69) is 5.32 Å². The quantitative estimate of drug-likeness (QED) is 0.850. The molecule has 0 aromatic heterocycles. The van der Waals surface area contributed by atoms with Crippen LogP contribution in [0.4, 0.5) is 5.69 Å². The fraction of sp³-hybridized carbons (Fsp3) is 0.133. The predicted octanol–water partition coefficient (Wildman–Crippen LogP) is 4.87. The molecular weight excluding hydrogens is 313 g/mol. The van der Waals surface area contributed by atoms with Crippen molar-refractivity contribution in [1.29, 1.82) is 0 Å². The molecule has 0 saturated carbocycles. The largest absolute Gasteiger partial charge is 0.324 e. The summed E-state index contributed by atoms with van der Waals surface area (Å²) in [6.45, 7) is 0. The zero-order valence-electron chi connectivity index (χ0n) is 10.6. The molecule has 2 rings (SSSR count). The van der Waals surface area contributed by atoms with Gasteiger partial charge in [0, 0.05) is 10.8 Å². The summed E-state index contributed by atoms with van der Waals surface area (Å²) >= 11 is 13.4. The first-order valence-electron chi connectivity index (χ1n) is 6.02. The number of carbonyl (C=O) groups excluding carboxylic acids is 1. The summed E-state index contributed by atoms with van der Waals surface area (Å²) in [5, 5.41) is 3.76. The first-order valence-corrected chi connectivity index (χ1v) is 7.93. The van der Waals surface area contributed by atoms with Crippen molar-refractivity contribution in [2.24, 2.45) is 0 Å². The van der Waals surface area contributed by atoms with Crippen LogP contribution >= 0.6 is 35.0 Å². The SMILES string of the molecule is O=C(CSCc1ccccc1)Nc1ccc(Cl)cc1Cl. The molecule has 2 nitrogen and oxygen atoms in total. The second-order valence-electron chi connectivity index (χ2n) is 4.15. The number of rotatable bonds is 5. The van der Waals surface area contributed by atoms with E-state index in [4.69, 9.17) is 23.2 Å². The van der Waals surface area contributed by atoms with Gasteiger partial charge in [0.15, 0.2) is 0 Å². The van der Waals surface area contributed by atoms with Gasteiger partial charge in [-0.1, -0.05) is 53.5 Å². The second-order valence-corrected chi connectivity index (χ2v) is 5.98. The molecule has 0 aliphatic heterocycles. The van der Waals surface area contributed by atoms with Crippen molar-refractivity contribution in [3.63, 3.8) is 0 Å². The third kappa shape index (κ3) is 4.75. The van der Waals surface area contributed by atoms with Crippen molar-refractivity contribution >= 4 is 46.6 Å². The van der Waals surface area contributed by atoms with E-state index in [1.54, 1.807) is 30.0 Å². The third-order valence-electron chi connectivity index (χ3n) is 2.55. The Morgan fingerprint density at radius 2 is 1.85 bits per heavy atom. The van der Waals surface area contributed by atoms with Gasteiger partial charge in [0.2, 0.25) is 5.91 Å². The van der Waals surface area contributed by atoms with Gasteiger partial charge in [-0.2, -0.15) is 0 Å². The molecule has 2 aromatic carbocycles.